The van der Waals surface area contributed by atoms with Gasteiger partial charge < -0.3 is 5.32 Å². The van der Waals surface area contributed by atoms with Crippen LogP contribution in [0.1, 0.15) is 43.1 Å². The van der Waals surface area contributed by atoms with Crippen molar-refractivity contribution in [2.45, 2.75) is 43.7 Å². The van der Waals surface area contributed by atoms with Crippen LogP contribution in [-0.4, -0.2) is 35.1 Å². The van der Waals surface area contributed by atoms with Crippen molar-refractivity contribution in [2.75, 3.05) is 5.32 Å². The predicted octanol–water partition coefficient (Wildman–Crippen LogP) is 2.71. The van der Waals surface area contributed by atoms with Gasteiger partial charge in [0.25, 0.3) is 5.91 Å². The number of carbonyl (C=O) groups is 1. The molecule has 0 spiro atoms. The van der Waals surface area contributed by atoms with Crippen molar-refractivity contribution in [1.29, 1.82) is 0 Å². The lowest BCUT2D eigenvalue weighted by molar-refractivity contribution is 0.102. The van der Waals surface area contributed by atoms with E-state index in [9.17, 15) is 13.2 Å². The van der Waals surface area contributed by atoms with Crippen LogP contribution in [0.4, 0.5) is 5.69 Å². The molecule has 0 unspecified atom stereocenters. The molecule has 0 aliphatic heterocycles. The van der Waals surface area contributed by atoms with E-state index in [-0.39, 0.29) is 22.9 Å². The van der Waals surface area contributed by atoms with Crippen molar-refractivity contribution in [3.63, 3.8) is 0 Å². The second-order valence-electron chi connectivity index (χ2n) is 7.19. The Balaban J connectivity index is 1.49. The normalized spacial score (nSPS) is 14.5. The Kier molecular flexibility index (Phi) is 4.64. The van der Waals surface area contributed by atoms with Crippen LogP contribution in [0.15, 0.2) is 47.6 Å². The van der Waals surface area contributed by atoms with Crippen LogP contribution in [0, 0.1) is 0 Å². The Morgan fingerprint density at radius 1 is 1.18 bits per heavy atom. The topological polar surface area (TPSA) is 106 Å². The van der Waals surface area contributed by atoms with Crippen molar-refractivity contribution >= 4 is 32.7 Å². The van der Waals surface area contributed by atoms with Gasteiger partial charge in [-0.15, -0.1) is 0 Å². The third-order valence-electron chi connectivity index (χ3n) is 4.51. The number of pyridine rings is 1. The van der Waals surface area contributed by atoms with Gasteiger partial charge in [-0.1, -0.05) is 0 Å². The zero-order chi connectivity index (χ0) is 19.9. The molecule has 3 aromatic rings. The fourth-order valence-electron chi connectivity index (χ4n) is 2.85. The highest BCUT2D eigenvalue weighted by molar-refractivity contribution is 7.89. The maximum Gasteiger partial charge on any atom is 0.257 e. The lowest BCUT2D eigenvalue weighted by Gasteiger charge is -2.09. The molecule has 1 aliphatic rings. The second-order valence-corrected chi connectivity index (χ2v) is 8.91. The van der Waals surface area contributed by atoms with Crippen molar-refractivity contribution in [2.24, 2.45) is 0 Å². The lowest BCUT2D eigenvalue weighted by atomic mass is 10.2. The average molecular weight is 399 g/mol. The summed E-state index contributed by atoms with van der Waals surface area (Å²) < 4.78 is 28.8. The molecule has 0 atom stereocenters. The van der Waals surface area contributed by atoms with Crippen LogP contribution in [0.3, 0.4) is 0 Å². The lowest BCUT2D eigenvalue weighted by Crippen LogP contribution is -2.25. The quantitative estimate of drug-likeness (QED) is 0.663. The van der Waals surface area contributed by atoms with E-state index in [1.807, 2.05) is 13.8 Å². The van der Waals surface area contributed by atoms with Crippen LogP contribution in [0.25, 0.3) is 11.0 Å². The van der Waals surface area contributed by atoms with Crippen molar-refractivity contribution < 1.29 is 13.2 Å². The van der Waals surface area contributed by atoms with Crippen molar-refractivity contribution in [3.05, 3.63) is 48.3 Å². The molecule has 146 valence electrons. The number of sulfonamides is 1. The molecule has 1 aromatic carbocycles. The Morgan fingerprint density at radius 3 is 2.54 bits per heavy atom. The molecule has 2 aromatic heterocycles. The Hall–Kier alpha value is -2.78. The van der Waals surface area contributed by atoms with Crippen LogP contribution >= 0.6 is 0 Å². The number of carbonyl (C=O) groups excluding carboxylic acids is 1. The molecule has 0 bridgehead atoms. The number of nitrogens with zero attached hydrogens (tertiary/aromatic N) is 3. The van der Waals surface area contributed by atoms with E-state index in [2.05, 4.69) is 20.1 Å². The standard InChI is InChI=1S/C19H21N5O3S/c1-12(2)24-18-13(11-21-24)9-14(10-20-18)19(25)22-15-5-7-17(8-6-15)28(26,27)23-16-3-4-16/h5-12,16,23H,3-4H2,1-2H3,(H,22,25). The Labute approximate surface area is 163 Å². The summed E-state index contributed by atoms with van der Waals surface area (Å²) in [6.07, 6.45) is 4.95. The molecule has 9 heteroatoms. The van der Waals surface area contributed by atoms with E-state index in [1.165, 1.54) is 18.3 Å². The summed E-state index contributed by atoms with van der Waals surface area (Å²) in [5.41, 5.74) is 1.64. The molecule has 1 fully saturated rings. The highest BCUT2D eigenvalue weighted by Crippen LogP contribution is 2.23. The van der Waals surface area contributed by atoms with E-state index in [0.29, 0.717) is 11.3 Å². The third-order valence-corrected chi connectivity index (χ3v) is 6.04. The molecule has 8 nitrogen and oxygen atoms in total. The zero-order valence-electron chi connectivity index (χ0n) is 15.6. The molecule has 4 rings (SSSR count). The third kappa shape index (κ3) is 3.76. The van der Waals surface area contributed by atoms with Crippen LogP contribution in [0.2, 0.25) is 0 Å². The zero-order valence-corrected chi connectivity index (χ0v) is 16.4. The molecule has 0 saturated heterocycles. The monoisotopic (exact) mass is 399 g/mol. The first-order valence-electron chi connectivity index (χ1n) is 9.10. The predicted molar refractivity (Wildman–Crippen MR) is 106 cm³/mol. The highest BCUT2D eigenvalue weighted by atomic mass is 32.2. The molecule has 2 N–H and O–H groups in total. The first-order valence-corrected chi connectivity index (χ1v) is 10.6. The SMILES string of the molecule is CC(C)n1ncc2cc(C(=O)Nc3ccc(S(=O)(=O)NC4CC4)cc3)cnc21. The number of nitrogens with one attached hydrogen (secondary N) is 2. The number of aromatic nitrogens is 3. The van der Waals surface area contributed by atoms with E-state index in [4.69, 9.17) is 0 Å². The van der Waals surface area contributed by atoms with Gasteiger partial charge >= 0.3 is 0 Å². The molecule has 1 aliphatic carbocycles. The van der Waals surface area contributed by atoms with Gasteiger partial charge in [-0.25, -0.2) is 22.8 Å². The largest absolute Gasteiger partial charge is 0.322 e. The number of anilines is 1. The van der Waals surface area contributed by atoms with Gasteiger partial charge in [0.15, 0.2) is 5.65 Å². The minimum absolute atomic E-state index is 0.0480. The molecule has 1 amide bonds. The van der Waals surface area contributed by atoms with Crippen molar-refractivity contribution in [1.82, 2.24) is 19.5 Å². The van der Waals surface area contributed by atoms with Gasteiger partial charge in [0.1, 0.15) is 0 Å². The summed E-state index contributed by atoms with van der Waals surface area (Å²) in [6.45, 7) is 4.03. The van der Waals surface area contributed by atoms with E-state index in [0.717, 1.165) is 23.9 Å². The molecule has 1 saturated carbocycles. The summed E-state index contributed by atoms with van der Waals surface area (Å²) in [5.74, 6) is -0.321. The minimum Gasteiger partial charge on any atom is -0.322 e. The van der Waals surface area contributed by atoms with E-state index >= 15 is 0 Å². The number of benzene rings is 1. The molecule has 2 heterocycles. The average Bonchev–Trinajstić information content (AvgIpc) is 3.35. The maximum atomic E-state index is 12.5. The van der Waals surface area contributed by atoms with Gasteiger partial charge in [0.2, 0.25) is 10.0 Å². The van der Waals surface area contributed by atoms with Gasteiger partial charge in [-0.05, 0) is 57.0 Å². The summed E-state index contributed by atoms with van der Waals surface area (Å²) >= 11 is 0. The van der Waals surface area contributed by atoms with Crippen LogP contribution in [-0.2, 0) is 10.0 Å². The number of rotatable bonds is 6. The van der Waals surface area contributed by atoms with E-state index < -0.39 is 10.0 Å². The van der Waals surface area contributed by atoms with Gasteiger partial charge in [0.05, 0.1) is 16.7 Å². The Morgan fingerprint density at radius 2 is 1.89 bits per heavy atom. The minimum atomic E-state index is -3.51. The summed E-state index contributed by atoms with van der Waals surface area (Å²) in [6, 6.07) is 8.07. The van der Waals surface area contributed by atoms with Gasteiger partial charge in [0, 0.05) is 29.4 Å². The summed E-state index contributed by atoms with van der Waals surface area (Å²) in [5, 5.41) is 7.85. The van der Waals surface area contributed by atoms with Crippen LogP contribution in [0.5, 0.6) is 0 Å². The highest BCUT2D eigenvalue weighted by Gasteiger charge is 2.27. The first kappa shape index (κ1) is 18.6. The fourth-order valence-corrected chi connectivity index (χ4v) is 4.16. The summed E-state index contributed by atoms with van der Waals surface area (Å²) in [7, 11) is -3.51. The molecular weight excluding hydrogens is 378 g/mol. The molecular formula is C19H21N5O3S. The smallest absolute Gasteiger partial charge is 0.257 e. The first-order chi connectivity index (χ1) is 13.3. The fraction of sp³-hybridized carbons (Fsp3) is 0.316. The second kappa shape index (κ2) is 6.99. The maximum absolute atomic E-state index is 12.5. The number of hydrogen-bond acceptors (Lipinski definition) is 5. The Bertz CT molecular complexity index is 1130. The molecule has 28 heavy (non-hydrogen) atoms. The van der Waals surface area contributed by atoms with Gasteiger partial charge in [-0.3, -0.25) is 4.79 Å². The molecule has 0 radical (unpaired) electrons. The van der Waals surface area contributed by atoms with E-state index in [1.54, 1.807) is 29.1 Å². The van der Waals surface area contributed by atoms with Gasteiger partial charge in [-0.2, -0.15) is 5.10 Å². The summed E-state index contributed by atoms with van der Waals surface area (Å²) in [4.78, 5) is 17.1. The van der Waals surface area contributed by atoms with Crippen LogP contribution < -0.4 is 10.0 Å². The number of hydrogen-bond donors (Lipinski definition) is 2. The van der Waals surface area contributed by atoms with Crippen molar-refractivity contribution in [3.8, 4) is 0 Å². The number of fused-ring (bicyclic) bond motifs is 1. The number of amides is 1.